The summed E-state index contributed by atoms with van der Waals surface area (Å²) in [4.78, 5) is 25.8. The monoisotopic (exact) mass is 703 g/mol. The third kappa shape index (κ3) is 6.73. The van der Waals surface area contributed by atoms with Crippen molar-refractivity contribution in [2.45, 2.75) is 19.3 Å². The number of carbonyl (C=O) groups excluding carboxylic acids is 1. The summed E-state index contributed by atoms with van der Waals surface area (Å²) in [6.07, 6.45) is 11.6. The van der Waals surface area contributed by atoms with E-state index in [1.165, 1.54) is 6.08 Å². The molecule has 1 amide bonds. The van der Waals surface area contributed by atoms with Crippen molar-refractivity contribution in [3.05, 3.63) is 76.7 Å². The summed E-state index contributed by atoms with van der Waals surface area (Å²) in [5.41, 5.74) is 6.25. The summed E-state index contributed by atoms with van der Waals surface area (Å²) >= 11 is 13.6. The van der Waals surface area contributed by atoms with Crippen LogP contribution in [0.2, 0.25) is 10.0 Å². The number of benzene rings is 2. The lowest BCUT2D eigenvalue weighted by Gasteiger charge is -2.34. The van der Waals surface area contributed by atoms with E-state index in [-0.39, 0.29) is 11.3 Å². The number of halogens is 2. The van der Waals surface area contributed by atoms with E-state index in [1.807, 2.05) is 35.4 Å². The maximum absolute atomic E-state index is 12.7. The summed E-state index contributed by atoms with van der Waals surface area (Å²) in [7, 11) is 4.73. The van der Waals surface area contributed by atoms with Gasteiger partial charge in [-0.25, -0.2) is 0 Å². The molecule has 6 rings (SSSR count). The maximum atomic E-state index is 12.7. The molecule has 4 heterocycles. The second kappa shape index (κ2) is 14.5. The highest BCUT2D eigenvalue weighted by molar-refractivity contribution is 6.40. The topological polar surface area (TPSA) is 97.8 Å². The summed E-state index contributed by atoms with van der Waals surface area (Å²) in [6.45, 7) is 11.0. The zero-order valence-electron chi connectivity index (χ0n) is 27.9. The zero-order chi connectivity index (χ0) is 34.7. The first-order chi connectivity index (χ1) is 23.7. The van der Waals surface area contributed by atoms with Crippen LogP contribution in [0.4, 0.5) is 17.1 Å². The molecule has 2 saturated heterocycles. The molecular weight excluding hydrogens is 665 g/mol. The van der Waals surface area contributed by atoms with Gasteiger partial charge < -0.3 is 34.1 Å². The van der Waals surface area contributed by atoms with E-state index in [9.17, 15) is 4.79 Å². The molecule has 0 saturated carbocycles. The summed E-state index contributed by atoms with van der Waals surface area (Å²) in [5.74, 6) is 1.23. The van der Waals surface area contributed by atoms with Gasteiger partial charge in [-0.15, -0.1) is 0 Å². The normalized spacial score (nSPS) is 16.7. The number of nitrogens with zero attached hydrogens (tertiary/aromatic N) is 4. The smallest absolute Gasteiger partial charge is 0.247 e. The number of fused-ring (bicyclic) bond motifs is 1. The fourth-order valence-corrected chi connectivity index (χ4v) is 7.62. The highest BCUT2D eigenvalue weighted by Gasteiger charge is 2.40. The third-order valence-electron chi connectivity index (χ3n) is 9.51. The number of aromatic nitrogens is 1. The average Bonchev–Trinajstić information content (AvgIpc) is 3.52. The summed E-state index contributed by atoms with van der Waals surface area (Å²) < 4.78 is 22.7. The molecule has 1 spiro atoms. The van der Waals surface area contributed by atoms with Crippen LogP contribution in [0.25, 0.3) is 22.9 Å². The van der Waals surface area contributed by atoms with E-state index in [0.29, 0.717) is 50.8 Å². The van der Waals surface area contributed by atoms with Crippen LogP contribution in [0.3, 0.4) is 0 Å². The SMILES string of the molecule is C=CC(=O)Nc1cc(-c2cc3c(cn2)C=C(c2c(Cl)c(OC)cc(OC)c2Cl)CN3/C=C\N=C)c(OC)cc1N1CCC2(CCOCC2)C1. The molecule has 0 aliphatic carbocycles. The van der Waals surface area contributed by atoms with Crippen molar-refractivity contribution in [2.24, 2.45) is 10.4 Å². The Morgan fingerprint density at radius 1 is 1.02 bits per heavy atom. The molecule has 0 bridgehead atoms. The van der Waals surface area contributed by atoms with Gasteiger partial charge in [0.2, 0.25) is 5.91 Å². The number of hydrogen-bond acceptors (Lipinski definition) is 9. The van der Waals surface area contributed by atoms with Gasteiger partial charge in [-0.1, -0.05) is 29.8 Å². The van der Waals surface area contributed by atoms with Gasteiger partial charge in [0.25, 0.3) is 0 Å². The molecule has 2 aromatic carbocycles. The molecule has 1 N–H and O–H groups in total. The highest BCUT2D eigenvalue weighted by atomic mass is 35.5. The molecule has 3 aliphatic heterocycles. The summed E-state index contributed by atoms with van der Waals surface area (Å²) in [5, 5.41) is 3.79. The quantitative estimate of drug-likeness (QED) is 0.169. The Balaban J connectivity index is 1.44. The molecule has 12 heteroatoms. The number of hydrogen-bond donors (Lipinski definition) is 1. The van der Waals surface area contributed by atoms with Crippen molar-refractivity contribution in [1.29, 1.82) is 0 Å². The van der Waals surface area contributed by atoms with E-state index in [1.54, 1.807) is 39.8 Å². The van der Waals surface area contributed by atoms with Gasteiger partial charge in [0.15, 0.2) is 0 Å². The number of anilines is 3. The van der Waals surface area contributed by atoms with Gasteiger partial charge in [0.1, 0.15) is 17.2 Å². The average molecular weight is 705 g/mol. The van der Waals surface area contributed by atoms with Crippen LogP contribution in [-0.2, 0) is 9.53 Å². The standard InChI is InChI=1S/C37H39Cl2N5O5/c1-6-33(45)42-27-16-25(30(46-3)18-29(27)44-11-7-37(22-44)8-13-49-14-9-37)26-17-28-23(20-41-26)15-24(21-43(28)12-10-40-2)34-35(38)31(47-4)19-32(48-5)36(34)39/h6,10,12,15-20H,1-2,7-9,11,13-14,21-22H2,3-5H3,(H,42,45)/b12-10-. The van der Waals surface area contributed by atoms with Crippen LogP contribution < -0.4 is 29.3 Å². The number of methoxy groups -OCH3 is 3. The second-order valence-corrected chi connectivity index (χ2v) is 13.0. The Kier molecular flexibility index (Phi) is 10.2. The Bertz CT molecular complexity index is 1820. The Morgan fingerprint density at radius 2 is 1.73 bits per heavy atom. The van der Waals surface area contributed by atoms with Crippen LogP contribution in [0.1, 0.15) is 30.4 Å². The largest absolute Gasteiger partial charge is 0.496 e. The minimum atomic E-state index is -0.298. The van der Waals surface area contributed by atoms with Crippen molar-refractivity contribution < 1.29 is 23.7 Å². The predicted octanol–water partition coefficient (Wildman–Crippen LogP) is 7.75. The van der Waals surface area contributed by atoms with E-state index in [0.717, 1.165) is 73.6 Å². The van der Waals surface area contributed by atoms with E-state index in [4.69, 9.17) is 47.1 Å². The molecule has 2 fully saturated rings. The van der Waals surface area contributed by atoms with Crippen molar-refractivity contribution >= 4 is 64.5 Å². The molecule has 1 aromatic heterocycles. The molecule has 0 unspecified atom stereocenters. The van der Waals surface area contributed by atoms with Crippen LogP contribution >= 0.6 is 23.2 Å². The lowest BCUT2D eigenvalue weighted by Crippen LogP contribution is -2.33. The third-order valence-corrected chi connectivity index (χ3v) is 10.3. The number of pyridine rings is 1. The van der Waals surface area contributed by atoms with Gasteiger partial charge in [-0.05, 0) is 61.3 Å². The molecule has 0 atom stereocenters. The Labute approximate surface area is 296 Å². The molecule has 10 nitrogen and oxygen atoms in total. The van der Waals surface area contributed by atoms with Crippen molar-refractivity contribution in [1.82, 2.24) is 4.98 Å². The number of ether oxygens (including phenoxy) is 4. The fraction of sp³-hybridized carbons (Fsp3) is 0.324. The lowest BCUT2D eigenvalue weighted by molar-refractivity contribution is -0.111. The first-order valence-electron chi connectivity index (χ1n) is 15.9. The van der Waals surface area contributed by atoms with Crippen molar-refractivity contribution in [2.75, 3.05) is 69.3 Å². The minimum Gasteiger partial charge on any atom is -0.496 e. The molecule has 49 heavy (non-hydrogen) atoms. The number of carbonyl (C=O) groups is 1. The second-order valence-electron chi connectivity index (χ2n) is 12.2. The van der Waals surface area contributed by atoms with Crippen molar-refractivity contribution in [3.8, 4) is 28.5 Å². The minimum absolute atomic E-state index is 0.206. The van der Waals surface area contributed by atoms with Gasteiger partial charge >= 0.3 is 0 Å². The van der Waals surface area contributed by atoms with Crippen molar-refractivity contribution in [3.63, 3.8) is 0 Å². The van der Waals surface area contributed by atoms with E-state index in [2.05, 4.69) is 28.5 Å². The highest BCUT2D eigenvalue weighted by Crippen LogP contribution is 2.48. The number of amides is 1. The molecule has 3 aromatic rings. The van der Waals surface area contributed by atoms with Crippen LogP contribution in [-0.4, -0.2) is 71.8 Å². The van der Waals surface area contributed by atoms with Gasteiger partial charge in [0, 0.05) is 80.3 Å². The van der Waals surface area contributed by atoms with Crippen LogP contribution in [0, 0.1) is 5.41 Å². The molecule has 0 radical (unpaired) electrons. The van der Waals surface area contributed by atoms with E-state index < -0.39 is 0 Å². The van der Waals surface area contributed by atoms with Gasteiger partial charge in [-0.3, -0.25) is 14.8 Å². The van der Waals surface area contributed by atoms with Crippen LogP contribution in [0.15, 0.2) is 60.5 Å². The van der Waals surface area contributed by atoms with Crippen LogP contribution in [0.5, 0.6) is 17.2 Å². The molecule has 256 valence electrons. The zero-order valence-corrected chi connectivity index (χ0v) is 29.4. The Morgan fingerprint density at radius 3 is 2.39 bits per heavy atom. The lowest BCUT2D eigenvalue weighted by atomic mass is 9.80. The number of rotatable bonds is 10. The van der Waals surface area contributed by atoms with E-state index >= 15 is 0 Å². The summed E-state index contributed by atoms with van der Waals surface area (Å²) in [6, 6.07) is 7.56. The fourth-order valence-electron chi connectivity index (χ4n) is 6.88. The predicted molar refractivity (Wildman–Crippen MR) is 198 cm³/mol. The van der Waals surface area contributed by atoms with Gasteiger partial charge in [-0.2, -0.15) is 0 Å². The number of nitrogens with one attached hydrogen (secondary N) is 1. The maximum Gasteiger partial charge on any atom is 0.247 e. The molecular formula is C37H39Cl2N5O5. The molecule has 3 aliphatic rings. The van der Waals surface area contributed by atoms with Gasteiger partial charge in [0.05, 0.1) is 54.1 Å². The first-order valence-corrected chi connectivity index (χ1v) is 16.7. The first kappa shape index (κ1) is 34.4. The Hall–Kier alpha value is -4.51. The number of aliphatic imine (C=N–C) groups is 1.